The van der Waals surface area contributed by atoms with E-state index in [1.165, 1.54) is 12.8 Å². The molecular formula is C13H23NO2S. The van der Waals surface area contributed by atoms with Crippen LogP contribution in [0.25, 0.3) is 0 Å². The number of thioether (sulfide) groups is 1. The molecule has 1 aliphatic heterocycles. The number of carbonyl (C=O) groups excluding carboxylic acids is 1. The van der Waals surface area contributed by atoms with Crippen LogP contribution in [0.2, 0.25) is 0 Å². The maximum absolute atomic E-state index is 12.6. The molecule has 1 N–H and O–H groups in total. The number of nitrogens with zero attached hydrogens (tertiary/aromatic N) is 1. The molecule has 98 valence electrons. The number of amides is 1. The number of aliphatic hydroxyl groups excluding tert-OH is 1. The smallest absolute Gasteiger partial charge is 0.238 e. The monoisotopic (exact) mass is 257 g/mol. The zero-order valence-corrected chi connectivity index (χ0v) is 11.5. The van der Waals surface area contributed by atoms with Crippen molar-refractivity contribution in [1.82, 2.24) is 4.90 Å². The summed E-state index contributed by atoms with van der Waals surface area (Å²) in [6, 6.07) is 0.382. The van der Waals surface area contributed by atoms with E-state index in [4.69, 9.17) is 0 Å². The van der Waals surface area contributed by atoms with Crippen molar-refractivity contribution >= 4 is 17.7 Å². The highest BCUT2D eigenvalue weighted by Crippen LogP contribution is 2.40. The van der Waals surface area contributed by atoms with E-state index in [1.54, 1.807) is 11.8 Å². The van der Waals surface area contributed by atoms with Gasteiger partial charge in [0, 0.05) is 12.6 Å². The molecule has 2 aliphatic rings. The van der Waals surface area contributed by atoms with Crippen LogP contribution in [0.5, 0.6) is 0 Å². The van der Waals surface area contributed by atoms with Crippen molar-refractivity contribution in [2.75, 3.05) is 18.9 Å². The molecule has 0 spiro atoms. The van der Waals surface area contributed by atoms with Crippen molar-refractivity contribution < 1.29 is 9.90 Å². The Kier molecular flexibility index (Phi) is 4.36. The van der Waals surface area contributed by atoms with E-state index in [9.17, 15) is 9.90 Å². The summed E-state index contributed by atoms with van der Waals surface area (Å²) < 4.78 is -0.224. The Hall–Kier alpha value is -0.220. The van der Waals surface area contributed by atoms with Gasteiger partial charge in [0.05, 0.1) is 11.4 Å². The van der Waals surface area contributed by atoms with Gasteiger partial charge in [0.15, 0.2) is 0 Å². The summed E-state index contributed by atoms with van der Waals surface area (Å²) in [5.74, 6) is 1.36. The van der Waals surface area contributed by atoms with E-state index in [0.29, 0.717) is 12.6 Å². The first kappa shape index (κ1) is 13.2. The van der Waals surface area contributed by atoms with Crippen molar-refractivity contribution in [2.45, 2.75) is 56.2 Å². The second-order valence-electron chi connectivity index (χ2n) is 5.34. The van der Waals surface area contributed by atoms with Gasteiger partial charge in [-0.25, -0.2) is 0 Å². The summed E-state index contributed by atoms with van der Waals surface area (Å²) in [7, 11) is 0. The lowest BCUT2D eigenvalue weighted by atomic mass is 10.0. The van der Waals surface area contributed by atoms with Crippen molar-refractivity contribution in [1.29, 1.82) is 0 Å². The first-order valence-electron chi connectivity index (χ1n) is 6.73. The number of carbonyl (C=O) groups is 1. The summed E-state index contributed by atoms with van der Waals surface area (Å²) in [6.07, 6.45) is 6.82. The van der Waals surface area contributed by atoms with Gasteiger partial charge in [-0.3, -0.25) is 4.79 Å². The Morgan fingerprint density at radius 2 is 2.12 bits per heavy atom. The first-order chi connectivity index (χ1) is 8.17. The molecule has 0 aromatic rings. The quantitative estimate of drug-likeness (QED) is 0.838. The highest BCUT2D eigenvalue weighted by molar-refractivity contribution is 8.01. The minimum absolute atomic E-state index is 0.0863. The molecule has 2 fully saturated rings. The highest BCUT2D eigenvalue weighted by Gasteiger charge is 2.42. The molecule has 0 aromatic carbocycles. The normalized spacial score (nSPS) is 29.8. The second kappa shape index (κ2) is 5.61. The molecular weight excluding hydrogens is 234 g/mol. The largest absolute Gasteiger partial charge is 0.395 e. The van der Waals surface area contributed by atoms with E-state index in [1.807, 2.05) is 4.90 Å². The molecule has 17 heavy (non-hydrogen) atoms. The second-order valence-corrected chi connectivity index (χ2v) is 6.94. The van der Waals surface area contributed by atoms with Crippen LogP contribution in [0.15, 0.2) is 0 Å². The molecule has 1 saturated heterocycles. The zero-order valence-electron chi connectivity index (χ0n) is 10.7. The maximum Gasteiger partial charge on any atom is 0.238 e. The van der Waals surface area contributed by atoms with E-state index >= 15 is 0 Å². The van der Waals surface area contributed by atoms with Crippen LogP contribution in [0, 0.1) is 0 Å². The molecule has 1 amide bonds. The SMILES string of the molecule is CC1(C(=O)N(CCO)C2CCCC2)CCCS1. The number of hydrogen-bond donors (Lipinski definition) is 1. The van der Waals surface area contributed by atoms with Gasteiger partial charge in [0.25, 0.3) is 0 Å². The third-order valence-corrected chi connectivity index (χ3v) is 5.55. The fourth-order valence-corrected chi connectivity index (χ4v) is 4.29. The van der Waals surface area contributed by atoms with E-state index in [0.717, 1.165) is 31.4 Å². The predicted molar refractivity (Wildman–Crippen MR) is 71.2 cm³/mol. The molecule has 1 saturated carbocycles. The highest BCUT2D eigenvalue weighted by atomic mass is 32.2. The van der Waals surface area contributed by atoms with Crippen molar-refractivity contribution in [3.05, 3.63) is 0 Å². The Balaban J connectivity index is 2.06. The zero-order chi connectivity index (χ0) is 12.3. The lowest BCUT2D eigenvalue weighted by molar-refractivity contribution is -0.136. The van der Waals surface area contributed by atoms with Gasteiger partial charge >= 0.3 is 0 Å². The predicted octanol–water partition coefficient (Wildman–Crippen LogP) is 2.04. The topological polar surface area (TPSA) is 40.5 Å². The van der Waals surface area contributed by atoms with Gasteiger partial charge in [-0.1, -0.05) is 12.8 Å². The van der Waals surface area contributed by atoms with Crippen molar-refractivity contribution in [3.63, 3.8) is 0 Å². The van der Waals surface area contributed by atoms with Crippen LogP contribution < -0.4 is 0 Å². The first-order valence-corrected chi connectivity index (χ1v) is 7.72. The standard InChI is InChI=1S/C13H23NO2S/c1-13(7-4-10-17-13)12(16)14(8-9-15)11-5-2-3-6-11/h11,15H,2-10H2,1H3. The van der Waals surface area contributed by atoms with Gasteiger partial charge in [0.1, 0.15) is 0 Å². The van der Waals surface area contributed by atoms with Crippen molar-refractivity contribution in [3.8, 4) is 0 Å². The Bertz CT molecular complexity index is 271. The van der Waals surface area contributed by atoms with Gasteiger partial charge in [-0.05, 0) is 38.4 Å². The van der Waals surface area contributed by atoms with Gasteiger partial charge in [0.2, 0.25) is 5.91 Å². The molecule has 1 aliphatic carbocycles. The minimum atomic E-state index is -0.224. The third-order valence-electron chi connectivity index (χ3n) is 4.04. The van der Waals surface area contributed by atoms with Crippen LogP contribution in [0.4, 0.5) is 0 Å². The summed E-state index contributed by atoms with van der Waals surface area (Å²) in [6.45, 7) is 2.68. The van der Waals surface area contributed by atoms with Gasteiger partial charge in [-0.15, -0.1) is 11.8 Å². The number of hydrogen-bond acceptors (Lipinski definition) is 3. The molecule has 2 rings (SSSR count). The summed E-state index contributed by atoms with van der Waals surface area (Å²) in [4.78, 5) is 14.6. The van der Waals surface area contributed by atoms with Gasteiger partial charge in [-0.2, -0.15) is 0 Å². The van der Waals surface area contributed by atoms with Crippen LogP contribution in [-0.4, -0.2) is 45.6 Å². The van der Waals surface area contributed by atoms with Crippen LogP contribution in [0.3, 0.4) is 0 Å². The average molecular weight is 257 g/mol. The Morgan fingerprint density at radius 3 is 2.65 bits per heavy atom. The Labute approximate surface area is 108 Å². The summed E-state index contributed by atoms with van der Waals surface area (Å²) in [5, 5.41) is 9.17. The fourth-order valence-electron chi connectivity index (χ4n) is 3.03. The number of rotatable bonds is 4. The van der Waals surface area contributed by atoms with Crippen LogP contribution in [0.1, 0.15) is 45.4 Å². The van der Waals surface area contributed by atoms with Crippen LogP contribution in [-0.2, 0) is 4.79 Å². The molecule has 1 unspecified atom stereocenters. The molecule has 0 bridgehead atoms. The lowest BCUT2D eigenvalue weighted by Crippen LogP contribution is -2.49. The van der Waals surface area contributed by atoms with Crippen LogP contribution >= 0.6 is 11.8 Å². The molecule has 3 nitrogen and oxygen atoms in total. The van der Waals surface area contributed by atoms with Gasteiger partial charge < -0.3 is 10.0 Å². The molecule has 1 heterocycles. The molecule has 0 radical (unpaired) electrons. The van der Waals surface area contributed by atoms with Crippen molar-refractivity contribution in [2.24, 2.45) is 0 Å². The Morgan fingerprint density at radius 1 is 1.41 bits per heavy atom. The molecule has 1 atom stereocenters. The molecule has 0 aromatic heterocycles. The van der Waals surface area contributed by atoms with E-state index in [-0.39, 0.29) is 17.3 Å². The van der Waals surface area contributed by atoms with E-state index < -0.39 is 0 Å². The minimum Gasteiger partial charge on any atom is -0.395 e. The van der Waals surface area contributed by atoms with E-state index in [2.05, 4.69) is 6.92 Å². The average Bonchev–Trinajstić information content (AvgIpc) is 2.96. The summed E-state index contributed by atoms with van der Waals surface area (Å²) in [5.41, 5.74) is 0. The molecule has 4 heteroatoms. The third kappa shape index (κ3) is 2.79. The fraction of sp³-hybridized carbons (Fsp3) is 0.923. The number of aliphatic hydroxyl groups is 1. The summed E-state index contributed by atoms with van der Waals surface area (Å²) >= 11 is 1.79. The maximum atomic E-state index is 12.6. The lowest BCUT2D eigenvalue weighted by Gasteiger charge is -2.35.